The molecular weight excluding hydrogens is 498 g/mol. The van der Waals surface area contributed by atoms with Gasteiger partial charge in [-0.1, -0.05) is 62.1 Å². The third kappa shape index (κ3) is 6.11. The van der Waals surface area contributed by atoms with E-state index in [0.717, 1.165) is 47.3 Å². The molecule has 4 rings (SSSR count). The topological polar surface area (TPSA) is 98.1 Å². The summed E-state index contributed by atoms with van der Waals surface area (Å²) in [6.07, 6.45) is 6.44. The van der Waals surface area contributed by atoms with Crippen LogP contribution in [0.5, 0.6) is 5.75 Å². The third-order valence-corrected chi connectivity index (χ3v) is 8.71. The van der Waals surface area contributed by atoms with Crippen molar-refractivity contribution in [2.45, 2.75) is 71.4 Å². The largest absolute Gasteiger partial charge is 0.508 e. The number of hydrogen-bond acceptors (Lipinski definition) is 6. The van der Waals surface area contributed by atoms with Gasteiger partial charge in [0.25, 0.3) is 0 Å². The summed E-state index contributed by atoms with van der Waals surface area (Å²) in [5.74, 6) is -1.81. The summed E-state index contributed by atoms with van der Waals surface area (Å²) in [5, 5.41) is 33.5. The molecule has 1 fully saturated rings. The number of likely N-dealkylation sites (tertiary alicyclic amines) is 1. The first-order valence-electron chi connectivity index (χ1n) is 13.7. The summed E-state index contributed by atoms with van der Waals surface area (Å²) < 4.78 is 0. The molecular formula is C31H39NO5S. The van der Waals surface area contributed by atoms with Crippen LogP contribution in [0.25, 0.3) is 6.08 Å². The maximum atomic E-state index is 13.5. The van der Waals surface area contributed by atoms with Crippen LogP contribution in [-0.4, -0.2) is 44.7 Å². The second-order valence-corrected chi connectivity index (χ2v) is 11.5. The Morgan fingerprint density at radius 3 is 2.50 bits per heavy atom. The van der Waals surface area contributed by atoms with E-state index in [-0.39, 0.29) is 30.7 Å². The average Bonchev–Trinajstić information content (AvgIpc) is 3.51. The maximum absolute atomic E-state index is 13.5. The van der Waals surface area contributed by atoms with Crippen molar-refractivity contribution in [3.8, 4) is 5.75 Å². The van der Waals surface area contributed by atoms with Gasteiger partial charge in [0, 0.05) is 10.8 Å². The Morgan fingerprint density at radius 2 is 1.87 bits per heavy atom. The molecule has 38 heavy (non-hydrogen) atoms. The first-order chi connectivity index (χ1) is 18.4. The molecule has 1 aliphatic heterocycles. The van der Waals surface area contributed by atoms with Gasteiger partial charge in [-0.25, -0.2) is 0 Å². The Kier molecular flexibility index (Phi) is 9.58. The van der Waals surface area contributed by atoms with E-state index in [1.54, 1.807) is 12.1 Å². The van der Waals surface area contributed by atoms with E-state index in [9.17, 15) is 24.9 Å². The molecule has 1 aromatic carbocycles. The molecule has 2 heterocycles. The van der Waals surface area contributed by atoms with Gasteiger partial charge in [-0.2, -0.15) is 0 Å². The van der Waals surface area contributed by atoms with E-state index in [1.165, 1.54) is 21.8 Å². The van der Waals surface area contributed by atoms with Crippen LogP contribution in [0.15, 0.2) is 58.5 Å². The van der Waals surface area contributed by atoms with Gasteiger partial charge < -0.3 is 15.3 Å². The van der Waals surface area contributed by atoms with Crippen LogP contribution in [0.4, 0.5) is 0 Å². The highest BCUT2D eigenvalue weighted by molar-refractivity contribution is 7.09. The summed E-state index contributed by atoms with van der Waals surface area (Å²) in [7, 11) is 0. The number of imide groups is 1. The minimum Gasteiger partial charge on any atom is -0.508 e. The molecule has 1 saturated heterocycles. The molecule has 0 bridgehead atoms. The fourth-order valence-electron chi connectivity index (χ4n) is 6.15. The van der Waals surface area contributed by atoms with Crippen molar-refractivity contribution in [1.29, 1.82) is 0 Å². The standard InChI is InChI=1S/C31H39NO5S/c1-3-6-20(16-21-9-12-23(34)13-10-21)11-14-27(35)28-22(7-4-2)17-25-29(26(28)19-33)31(37)32(30(25)36)18-24-8-5-15-38-24/h5,8-10,12-13,15-16,25-27,29,33-35H,3-4,6-7,11,14,17-19H2,1-2H3/b20-16+/t25-,26+,27-,29-/m1/s1. The lowest BCUT2D eigenvalue weighted by atomic mass is 9.67. The van der Waals surface area contributed by atoms with E-state index < -0.39 is 23.9 Å². The predicted molar refractivity (Wildman–Crippen MR) is 150 cm³/mol. The molecule has 2 aromatic rings. The SMILES string of the molecule is CCCC1=C([C@H](O)CC/C(=C/c2ccc(O)cc2)CCC)[C@H](CO)[C@@H]2C(=O)N(Cc3cccs3)C(=O)[C@@H]2C1. The van der Waals surface area contributed by atoms with Crippen LogP contribution in [-0.2, 0) is 16.1 Å². The van der Waals surface area contributed by atoms with Gasteiger partial charge in [0.1, 0.15) is 5.75 Å². The zero-order valence-electron chi connectivity index (χ0n) is 22.3. The Hall–Kier alpha value is -2.74. The van der Waals surface area contributed by atoms with Crippen molar-refractivity contribution >= 4 is 29.2 Å². The van der Waals surface area contributed by atoms with Crippen molar-refractivity contribution in [3.05, 3.63) is 68.9 Å². The number of allylic oxidation sites excluding steroid dienone is 2. The van der Waals surface area contributed by atoms with Gasteiger partial charge in [-0.3, -0.25) is 14.5 Å². The maximum Gasteiger partial charge on any atom is 0.234 e. The Labute approximate surface area is 229 Å². The highest BCUT2D eigenvalue weighted by atomic mass is 32.1. The first kappa shape index (κ1) is 28.3. The number of thiophene rings is 1. The molecule has 7 heteroatoms. The van der Waals surface area contributed by atoms with Gasteiger partial charge in [-0.05, 0) is 66.8 Å². The molecule has 0 unspecified atom stereocenters. The minimum absolute atomic E-state index is 0.156. The lowest BCUT2D eigenvalue weighted by Crippen LogP contribution is -2.39. The molecule has 0 radical (unpaired) electrons. The van der Waals surface area contributed by atoms with Gasteiger partial charge in [0.2, 0.25) is 11.8 Å². The molecule has 1 aromatic heterocycles. The molecule has 4 atom stereocenters. The molecule has 6 nitrogen and oxygen atoms in total. The van der Waals surface area contributed by atoms with E-state index in [0.29, 0.717) is 19.3 Å². The van der Waals surface area contributed by atoms with Crippen molar-refractivity contribution in [3.63, 3.8) is 0 Å². The van der Waals surface area contributed by atoms with E-state index >= 15 is 0 Å². The van der Waals surface area contributed by atoms with Crippen molar-refractivity contribution in [2.75, 3.05) is 6.61 Å². The lowest BCUT2D eigenvalue weighted by Gasteiger charge is -2.36. The summed E-state index contributed by atoms with van der Waals surface area (Å²) in [4.78, 5) is 29.2. The van der Waals surface area contributed by atoms with E-state index in [2.05, 4.69) is 19.9 Å². The Bertz CT molecular complexity index is 1170. The highest BCUT2D eigenvalue weighted by Crippen LogP contribution is 2.47. The van der Waals surface area contributed by atoms with Crippen LogP contribution < -0.4 is 0 Å². The van der Waals surface area contributed by atoms with Crippen molar-refractivity contribution in [1.82, 2.24) is 4.90 Å². The summed E-state index contributed by atoms with van der Waals surface area (Å²) in [6.45, 7) is 4.19. The fraction of sp³-hybridized carbons (Fsp3) is 0.484. The van der Waals surface area contributed by atoms with E-state index in [4.69, 9.17) is 0 Å². The average molecular weight is 538 g/mol. The van der Waals surface area contributed by atoms with Crippen molar-refractivity contribution < 1.29 is 24.9 Å². The highest BCUT2D eigenvalue weighted by Gasteiger charge is 2.54. The van der Waals surface area contributed by atoms with E-state index in [1.807, 2.05) is 29.6 Å². The van der Waals surface area contributed by atoms with Crippen LogP contribution in [0, 0.1) is 17.8 Å². The fourth-order valence-corrected chi connectivity index (χ4v) is 6.84. The number of aliphatic hydroxyl groups excluding tert-OH is 2. The number of amides is 2. The van der Waals surface area contributed by atoms with Crippen LogP contribution >= 0.6 is 11.3 Å². The first-order valence-corrected chi connectivity index (χ1v) is 14.6. The van der Waals surface area contributed by atoms with Crippen LogP contribution in [0.1, 0.15) is 69.2 Å². The Balaban J connectivity index is 1.56. The van der Waals surface area contributed by atoms with Crippen molar-refractivity contribution in [2.24, 2.45) is 17.8 Å². The van der Waals surface area contributed by atoms with Gasteiger partial charge in [0.05, 0.1) is 31.1 Å². The molecule has 3 N–H and O–H groups in total. The molecule has 1 aliphatic carbocycles. The molecule has 2 amide bonds. The number of aromatic hydroxyl groups is 1. The van der Waals surface area contributed by atoms with Gasteiger partial charge >= 0.3 is 0 Å². The molecule has 204 valence electrons. The third-order valence-electron chi connectivity index (χ3n) is 7.85. The lowest BCUT2D eigenvalue weighted by molar-refractivity contribution is -0.140. The number of carbonyl (C=O) groups is 2. The number of nitrogens with zero attached hydrogens (tertiary/aromatic N) is 1. The molecule has 2 aliphatic rings. The van der Waals surface area contributed by atoms with Crippen LogP contribution in [0.3, 0.4) is 0 Å². The summed E-state index contributed by atoms with van der Waals surface area (Å²) in [5.41, 5.74) is 4.01. The number of rotatable bonds is 12. The Morgan fingerprint density at radius 1 is 1.11 bits per heavy atom. The number of hydrogen-bond donors (Lipinski definition) is 3. The van der Waals surface area contributed by atoms with Crippen LogP contribution in [0.2, 0.25) is 0 Å². The molecule has 0 spiro atoms. The van der Waals surface area contributed by atoms with Gasteiger partial charge in [-0.15, -0.1) is 11.3 Å². The molecule has 0 saturated carbocycles. The summed E-state index contributed by atoms with van der Waals surface area (Å²) in [6, 6.07) is 10.9. The number of aliphatic hydroxyl groups is 2. The second kappa shape index (κ2) is 12.9. The number of phenols is 1. The quantitative estimate of drug-likeness (QED) is 0.239. The number of benzene rings is 1. The zero-order valence-corrected chi connectivity index (χ0v) is 23.1. The monoisotopic (exact) mass is 537 g/mol. The number of carbonyl (C=O) groups excluding carboxylic acids is 2. The predicted octanol–water partition coefficient (Wildman–Crippen LogP) is 5.69. The second-order valence-electron chi connectivity index (χ2n) is 10.5. The number of fused-ring (bicyclic) bond motifs is 1. The summed E-state index contributed by atoms with van der Waals surface area (Å²) >= 11 is 1.52. The zero-order chi connectivity index (χ0) is 27.2. The smallest absolute Gasteiger partial charge is 0.234 e. The number of phenolic OH excluding ortho intramolecular Hbond substituents is 1. The van der Waals surface area contributed by atoms with Gasteiger partial charge in [0.15, 0.2) is 0 Å². The normalized spacial score (nSPS) is 22.8. The minimum atomic E-state index is -0.788.